The highest BCUT2D eigenvalue weighted by molar-refractivity contribution is 7.18. The third-order valence-corrected chi connectivity index (χ3v) is 5.58. The van der Waals surface area contributed by atoms with Gasteiger partial charge in [0.15, 0.2) is 17.3 Å². The molecule has 0 radical (unpaired) electrons. The molecule has 0 saturated carbocycles. The van der Waals surface area contributed by atoms with Crippen LogP contribution in [-0.4, -0.2) is 23.2 Å². The Labute approximate surface area is 173 Å². The van der Waals surface area contributed by atoms with Gasteiger partial charge in [-0.3, -0.25) is 4.79 Å². The highest BCUT2D eigenvalue weighted by Crippen LogP contribution is 2.34. The van der Waals surface area contributed by atoms with Gasteiger partial charge in [0.25, 0.3) is 5.56 Å². The molecule has 3 rings (SSSR count). The summed E-state index contributed by atoms with van der Waals surface area (Å²) >= 11 is 1.45. The van der Waals surface area contributed by atoms with Gasteiger partial charge in [-0.05, 0) is 44.9 Å². The quantitative estimate of drug-likeness (QED) is 0.563. The van der Waals surface area contributed by atoms with E-state index in [0.717, 1.165) is 16.9 Å². The molecule has 7 heteroatoms. The van der Waals surface area contributed by atoms with Crippen molar-refractivity contribution in [2.45, 2.75) is 34.1 Å². The first kappa shape index (κ1) is 20.6. The molecule has 2 aromatic heterocycles. The lowest BCUT2D eigenvalue weighted by Crippen LogP contribution is -2.11. The SMILES string of the molecule is CCCOc1c(/C=C(\C#N)c2nc3sc(C)c(C)c3c(=O)[nH]2)cccc1OCC. The van der Waals surface area contributed by atoms with Gasteiger partial charge < -0.3 is 14.5 Å². The Bertz CT molecular complexity index is 1170. The van der Waals surface area contributed by atoms with E-state index in [-0.39, 0.29) is 17.0 Å². The molecule has 1 aromatic carbocycles. The maximum absolute atomic E-state index is 12.6. The minimum atomic E-state index is -0.237. The Balaban J connectivity index is 2.14. The zero-order valence-corrected chi connectivity index (χ0v) is 17.8. The van der Waals surface area contributed by atoms with Gasteiger partial charge >= 0.3 is 0 Å². The van der Waals surface area contributed by atoms with Crippen molar-refractivity contribution < 1.29 is 9.47 Å². The van der Waals surface area contributed by atoms with Crippen LogP contribution >= 0.6 is 11.3 Å². The number of rotatable bonds is 7. The van der Waals surface area contributed by atoms with Crippen LogP contribution in [0.5, 0.6) is 11.5 Å². The lowest BCUT2D eigenvalue weighted by atomic mass is 10.1. The number of H-pyrrole nitrogens is 1. The summed E-state index contributed by atoms with van der Waals surface area (Å²) in [5.74, 6) is 1.44. The molecule has 3 aromatic rings. The van der Waals surface area contributed by atoms with Crippen molar-refractivity contribution in [1.82, 2.24) is 9.97 Å². The highest BCUT2D eigenvalue weighted by Gasteiger charge is 2.16. The van der Waals surface area contributed by atoms with E-state index in [1.807, 2.05) is 45.9 Å². The summed E-state index contributed by atoms with van der Waals surface area (Å²) in [5.41, 5.74) is 1.64. The summed E-state index contributed by atoms with van der Waals surface area (Å²) in [4.78, 5) is 21.5. The van der Waals surface area contributed by atoms with Crippen LogP contribution < -0.4 is 15.0 Å². The summed E-state index contributed by atoms with van der Waals surface area (Å²) < 4.78 is 11.6. The number of ether oxygens (including phenoxy) is 2. The monoisotopic (exact) mass is 409 g/mol. The number of para-hydroxylation sites is 1. The van der Waals surface area contributed by atoms with Crippen molar-refractivity contribution in [2.24, 2.45) is 0 Å². The lowest BCUT2D eigenvalue weighted by Gasteiger charge is -2.14. The Morgan fingerprint density at radius 3 is 2.79 bits per heavy atom. The number of benzene rings is 1. The number of hydrogen-bond acceptors (Lipinski definition) is 6. The summed E-state index contributed by atoms with van der Waals surface area (Å²) in [5, 5.41) is 10.3. The van der Waals surface area contributed by atoms with Crippen molar-refractivity contribution in [1.29, 1.82) is 5.26 Å². The van der Waals surface area contributed by atoms with E-state index >= 15 is 0 Å². The second-order valence-electron chi connectivity index (χ2n) is 6.50. The number of nitrogens with one attached hydrogen (secondary N) is 1. The summed E-state index contributed by atoms with van der Waals surface area (Å²) in [6, 6.07) is 7.68. The first-order valence-corrected chi connectivity index (χ1v) is 10.3. The lowest BCUT2D eigenvalue weighted by molar-refractivity contribution is 0.276. The summed E-state index contributed by atoms with van der Waals surface area (Å²) in [6.45, 7) is 8.82. The van der Waals surface area contributed by atoms with Gasteiger partial charge in [0.05, 0.1) is 24.2 Å². The summed E-state index contributed by atoms with van der Waals surface area (Å²) in [7, 11) is 0. The fourth-order valence-electron chi connectivity index (χ4n) is 2.97. The number of aromatic nitrogens is 2. The average molecular weight is 410 g/mol. The Kier molecular flexibility index (Phi) is 6.35. The van der Waals surface area contributed by atoms with E-state index in [0.29, 0.717) is 40.5 Å². The van der Waals surface area contributed by atoms with Crippen LogP contribution in [0, 0.1) is 25.2 Å². The van der Waals surface area contributed by atoms with E-state index in [1.165, 1.54) is 11.3 Å². The van der Waals surface area contributed by atoms with Gasteiger partial charge in [-0.15, -0.1) is 11.3 Å². The van der Waals surface area contributed by atoms with Gasteiger partial charge in [0.1, 0.15) is 10.9 Å². The fraction of sp³-hybridized carbons (Fsp3) is 0.318. The standard InChI is InChI=1S/C22H23N3O3S/c1-5-10-28-19-15(8-7-9-17(19)27-6-2)11-16(12-23)20-24-21(26)18-13(3)14(4)29-22(18)25-20/h7-9,11H,5-6,10H2,1-4H3,(H,24,25,26)/b16-11+. The second-order valence-corrected chi connectivity index (χ2v) is 7.71. The van der Waals surface area contributed by atoms with Crippen LogP contribution in [0.3, 0.4) is 0 Å². The van der Waals surface area contributed by atoms with Crippen molar-refractivity contribution in [3.63, 3.8) is 0 Å². The van der Waals surface area contributed by atoms with Crippen molar-refractivity contribution in [3.05, 3.63) is 50.4 Å². The number of aryl methyl sites for hydroxylation is 2. The fourth-order valence-corrected chi connectivity index (χ4v) is 4.00. The minimum Gasteiger partial charge on any atom is -0.490 e. The number of hydrogen-bond donors (Lipinski definition) is 1. The Morgan fingerprint density at radius 1 is 1.31 bits per heavy atom. The van der Waals surface area contributed by atoms with Gasteiger partial charge in [0, 0.05) is 10.4 Å². The van der Waals surface area contributed by atoms with Gasteiger partial charge in [-0.25, -0.2) is 4.98 Å². The molecular formula is C22H23N3O3S. The van der Waals surface area contributed by atoms with E-state index in [2.05, 4.69) is 16.0 Å². The second kappa shape index (κ2) is 8.93. The summed E-state index contributed by atoms with van der Waals surface area (Å²) in [6.07, 6.45) is 2.52. The number of fused-ring (bicyclic) bond motifs is 1. The maximum Gasteiger partial charge on any atom is 0.260 e. The normalized spacial score (nSPS) is 11.5. The average Bonchev–Trinajstić information content (AvgIpc) is 2.99. The third kappa shape index (κ3) is 4.17. The predicted molar refractivity (Wildman–Crippen MR) is 117 cm³/mol. The Morgan fingerprint density at radius 2 is 2.10 bits per heavy atom. The van der Waals surface area contributed by atoms with Crippen molar-refractivity contribution >= 4 is 33.2 Å². The van der Waals surface area contributed by atoms with Crippen LogP contribution in [0.25, 0.3) is 21.9 Å². The van der Waals surface area contributed by atoms with Crippen LogP contribution in [0.4, 0.5) is 0 Å². The van der Waals surface area contributed by atoms with E-state index in [4.69, 9.17) is 9.47 Å². The molecule has 150 valence electrons. The van der Waals surface area contributed by atoms with E-state index < -0.39 is 0 Å². The van der Waals surface area contributed by atoms with Crippen LogP contribution in [0.15, 0.2) is 23.0 Å². The zero-order chi connectivity index (χ0) is 21.0. The van der Waals surface area contributed by atoms with Gasteiger partial charge in [-0.1, -0.05) is 19.1 Å². The molecule has 0 aliphatic carbocycles. The van der Waals surface area contributed by atoms with E-state index in [9.17, 15) is 10.1 Å². The minimum absolute atomic E-state index is 0.237. The highest BCUT2D eigenvalue weighted by atomic mass is 32.1. The molecule has 0 atom stereocenters. The molecule has 0 spiro atoms. The molecule has 0 fully saturated rings. The Hall–Kier alpha value is -3.11. The van der Waals surface area contributed by atoms with E-state index in [1.54, 1.807) is 6.08 Å². The molecule has 0 bridgehead atoms. The molecule has 0 saturated heterocycles. The van der Waals surface area contributed by atoms with Crippen LogP contribution in [-0.2, 0) is 0 Å². The molecule has 0 aliphatic heterocycles. The molecule has 1 N–H and O–H groups in total. The van der Waals surface area contributed by atoms with Gasteiger partial charge in [0.2, 0.25) is 0 Å². The first-order valence-electron chi connectivity index (χ1n) is 9.50. The largest absolute Gasteiger partial charge is 0.490 e. The molecule has 29 heavy (non-hydrogen) atoms. The first-order chi connectivity index (χ1) is 14.0. The number of thiophene rings is 1. The van der Waals surface area contributed by atoms with Gasteiger partial charge in [-0.2, -0.15) is 5.26 Å². The molecule has 2 heterocycles. The van der Waals surface area contributed by atoms with Crippen LogP contribution in [0.1, 0.15) is 42.1 Å². The zero-order valence-electron chi connectivity index (χ0n) is 17.0. The number of allylic oxidation sites excluding steroid dienone is 1. The van der Waals surface area contributed by atoms with Crippen molar-refractivity contribution in [2.75, 3.05) is 13.2 Å². The maximum atomic E-state index is 12.6. The third-order valence-electron chi connectivity index (χ3n) is 4.47. The molecule has 6 nitrogen and oxygen atoms in total. The van der Waals surface area contributed by atoms with Crippen molar-refractivity contribution in [3.8, 4) is 17.6 Å². The number of nitriles is 1. The molecule has 0 unspecified atom stereocenters. The topological polar surface area (TPSA) is 88.0 Å². The number of aromatic amines is 1. The smallest absolute Gasteiger partial charge is 0.260 e. The number of nitrogens with zero attached hydrogens (tertiary/aromatic N) is 2. The molecular weight excluding hydrogens is 386 g/mol. The predicted octanol–water partition coefficient (Wildman–Crippen LogP) is 4.85. The molecule has 0 amide bonds. The van der Waals surface area contributed by atoms with Crippen LogP contribution in [0.2, 0.25) is 0 Å². The molecule has 0 aliphatic rings.